The van der Waals surface area contributed by atoms with Crippen LogP contribution in [0.5, 0.6) is 5.88 Å². The Labute approximate surface area is 134 Å². The molecule has 6 heteroatoms. The van der Waals surface area contributed by atoms with Crippen LogP contribution in [-0.4, -0.2) is 24.0 Å². The molecule has 2 rings (SSSR count). The molecule has 1 unspecified atom stereocenters. The van der Waals surface area contributed by atoms with Gasteiger partial charge in [0.25, 0.3) is 0 Å². The molecule has 0 radical (unpaired) electrons. The first-order valence-electron chi connectivity index (χ1n) is 6.91. The maximum Gasteiger partial charge on any atom is 0.241 e. The topological polar surface area (TPSA) is 77.2 Å². The summed E-state index contributed by atoms with van der Waals surface area (Å²) in [6, 6.07) is 10.3. The summed E-state index contributed by atoms with van der Waals surface area (Å²) < 4.78 is 5.39. The molecule has 1 heterocycles. The second kappa shape index (κ2) is 7.77. The maximum absolute atomic E-state index is 12.0. The molecular formula is C16H18ClN3O2. The Balaban J connectivity index is 1.78. The predicted octanol–water partition coefficient (Wildman–Crippen LogP) is 2.24. The largest absolute Gasteiger partial charge is 0.475 e. The smallest absolute Gasteiger partial charge is 0.241 e. The van der Waals surface area contributed by atoms with Crippen molar-refractivity contribution in [3.05, 3.63) is 58.7 Å². The summed E-state index contributed by atoms with van der Waals surface area (Å²) in [5.74, 6) is 0.0980. The third-order valence-corrected chi connectivity index (χ3v) is 3.37. The van der Waals surface area contributed by atoms with Crippen molar-refractivity contribution in [1.82, 2.24) is 10.3 Å². The number of nitrogens with one attached hydrogen (secondary N) is 1. The van der Waals surface area contributed by atoms with Gasteiger partial charge in [0, 0.05) is 6.20 Å². The number of pyridine rings is 1. The van der Waals surface area contributed by atoms with Crippen molar-refractivity contribution in [3.8, 4) is 5.88 Å². The van der Waals surface area contributed by atoms with Gasteiger partial charge in [-0.05, 0) is 24.6 Å². The fourth-order valence-corrected chi connectivity index (χ4v) is 2.01. The number of nitrogens with two attached hydrogens (primary N) is 1. The van der Waals surface area contributed by atoms with E-state index in [-0.39, 0.29) is 12.5 Å². The Morgan fingerprint density at radius 2 is 2.09 bits per heavy atom. The Bertz CT molecular complexity index is 632. The van der Waals surface area contributed by atoms with E-state index in [1.807, 2.05) is 31.2 Å². The van der Waals surface area contributed by atoms with Crippen molar-refractivity contribution in [3.63, 3.8) is 0 Å². The third-order valence-electron chi connectivity index (χ3n) is 3.08. The second-order valence-corrected chi connectivity index (χ2v) is 5.23. The molecule has 0 fully saturated rings. The standard InChI is InChI=1S/C16H18ClN3O2/c1-11-4-6-12(7-5-11)14(18)15(21)19-9-10-22-16-13(17)3-2-8-20-16/h2-8,14H,9-10,18H2,1H3,(H,19,21). The number of hydrogen-bond donors (Lipinski definition) is 2. The first-order chi connectivity index (χ1) is 10.6. The average molecular weight is 320 g/mol. The summed E-state index contributed by atoms with van der Waals surface area (Å²) in [4.78, 5) is 16.0. The Morgan fingerprint density at radius 3 is 2.77 bits per heavy atom. The molecule has 3 N–H and O–H groups in total. The second-order valence-electron chi connectivity index (χ2n) is 4.82. The Kier molecular flexibility index (Phi) is 5.75. The van der Waals surface area contributed by atoms with Gasteiger partial charge < -0.3 is 15.8 Å². The van der Waals surface area contributed by atoms with Crippen LogP contribution in [0.15, 0.2) is 42.6 Å². The van der Waals surface area contributed by atoms with Crippen LogP contribution in [0.1, 0.15) is 17.2 Å². The minimum Gasteiger partial charge on any atom is -0.475 e. The van der Waals surface area contributed by atoms with E-state index < -0.39 is 6.04 Å². The monoisotopic (exact) mass is 319 g/mol. The van der Waals surface area contributed by atoms with Crippen LogP contribution in [0.4, 0.5) is 0 Å². The molecule has 1 amide bonds. The van der Waals surface area contributed by atoms with E-state index in [1.54, 1.807) is 18.3 Å². The van der Waals surface area contributed by atoms with Crippen LogP contribution in [-0.2, 0) is 4.79 Å². The first kappa shape index (κ1) is 16.3. The lowest BCUT2D eigenvalue weighted by atomic mass is 10.1. The van der Waals surface area contributed by atoms with E-state index in [0.717, 1.165) is 11.1 Å². The highest BCUT2D eigenvalue weighted by Gasteiger charge is 2.14. The van der Waals surface area contributed by atoms with E-state index in [4.69, 9.17) is 22.1 Å². The zero-order valence-corrected chi connectivity index (χ0v) is 13.0. The molecule has 22 heavy (non-hydrogen) atoms. The van der Waals surface area contributed by atoms with Gasteiger partial charge >= 0.3 is 0 Å². The lowest BCUT2D eigenvalue weighted by Crippen LogP contribution is -2.36. The highest BCUT2D eigenvalue weighted by Crippen LogP contribution is 2.19. The number of benzene rings is 1. The average Bonchev–Trinajstić information content (AvgIpc) is 2.53. The summed E-state index contributed by atoms with van der Waals surface area (Å²) in [5.41, 5.74) is 7.82. The van der Waals surface area contributed by atoms with E-state index in [1.165, 1.54) is 0 Å². The fourth-order valence-electron chi connectivity index (χ4n) is 1.83. The van der Waals surface area contributed by atoms with Gasteiger partial charge in [0.2, 0.25) is 11.8 Å². The van der Waals surface area contributed by atoms with Crippen molar-refractivity contribution in [1.29, 1.82) is 0 Å². The molecule has 0 spiro atoms. The van der Waals surface area contributed by atoms with Gasteiger partial charge in [-0.2, -0.15) is 0 Å². The lowest BCUT2D eigenvalue weighted by molar-refractivity contribution is -0.122. The molecule has 1 aromatic carbocycles. The van der Waals surface area contributed by atoms with Crippen LogP contribution < -0.4 is 15.8 Å². The number of ether oxygens (including phenoxy) is 1. The van der Waals surface area contributed by atoms with E-state index in [0.29, 0.717) is 17.4 Å². The molecule has 0 saturated heterocycles. The van der Waals surface area contributed by atoms with Crippen molar-refractivity contribution >= 4 is 17.5 Å². The number of aryl methyl sites for hydroxylation is 1. The number of hydrogen-bond acceptors (Lipinski definition) is 4. The Hall–Kier alpha value is -2.11. The summed E-state index contributed by atoms with van der Waals surface area (Å²) in [7, 11) is 0. The number of nitrogens with zero attached hydrogens (tertiary/aromatic N) is 1. The van der Waals surface area contributed by atoms with Gasteiger partial charge in [0.05, 0.1) is 6.54 Å². The minimum atomic E-state index is -0.695. The van der Waals surface area contributed by atoms with Gasteiger partial charge in [0.15, 0.2) is 0 Å². The molecule has 1 aromatic heterocycles. The highest BCUT2D eigenvalue weighted by atomic mass is 35.5. The molecule has 0 saturated carbocycles. The Morgan fingerprint density at radius 1 is 1.36 bits per heavy atom. The molecule has 116 valence electrons. The summed E-state index contributed by atoms with van der Waals surface area (Å²) in [6.07, 6.45) is 1.59. The molecule has 0 bridgehead atoms. The van der Waals surface area contributed by atoms with Crippen molar-refractivity contribution in [2.45, 2.75) is 13.0 Å². The van der Waals surface area contributed by atoms with Gasteiger partial charge in [-0.25, -0.2) is 4.98 Å². The number of rotatable bonds is 6. The SMILES string of the molecule is Cc1ccc(C(N)C(=O)NCCOc2ncccc2Cl)cc1. The quantitative estimate of drug-likeness (QED) is 0.800. The van der Waals surface area contributed by atoms with Gasteiger partial charge in [-0.3, -0.25) is 4.79 Å². The molecule has 0 aliphatic heterocycles. The van der Waals surface area contributed by atoms with Crippen LogP contribution in [0.3, 0.4) is 0 Å². The summed E-state index contributed by atoms with van der Waals surface area (Å²) in [6.45, 7) is 2.57. The van der Waals surface area contributed by atoms with E-state index in [2.05, 4.69) is 10.3 Å². The lowest BCUT2D eigenvalue weighted by Gasteiger charge is -2.13. The zero-order chi connectivity index (χ0) is 15.9. The minimum absolute atomic E-state index is 0.250. The number of aromatic nitrogens is 1. The fraction of sp³-hybridized carbons (Fsp3) is 0.250. The van der Waals surface area contributed by atoms with Crippen LogP contribution >= 0.6 is 11.6 Å². The van der Waals surface area contributed by atoms with Crippen molar-refractivity contribution in [2.24, 2.45) is 5.73 Å². The van der Waals surface area contributed by atoms with E-state index >= 15 is 0 Å². The van der Waals surface area contributed by atoms with Gasteiger partial charge in [-0.15, -0.1) is 0 Å². The van der Waals surface area contributed by atoms with E-state index in [9.17, 15) is 4.79 Å². The molecule has 5 nitrogen and oxygen atoms in total. The summed E-state index contributed by atoms with van der Waals surface area (Å²) >= 11 is 5.91. The predicted molar refractivity (Wildman–Crippen MR) is 85.9 cm³/mol. The molecule has 1 atom stereocenters. The first-order valence-corrected chi connectivity index (χ1v) is 7.29. The molecule has 0 aliphatic carbocycles. The van der Waals surface area contributed by atoms with Crippen LogP contribution in [0.2, 0.25) is 5.02 Å². The maximum atomic E-state index is 12.0. The van der Waals surface area contributed by atoms with Crippen molar-refractivity contribution < 1.29 is 9.53 Å². The molecular weight excluding hydrogens is 302 g/mol. The van der Waals surface area contributed by atoms with Crippen LogP contribution in [0.25, 0.3) is 0 Å². The number of carbonyl (C=O) groups excluding carboxylic acids is 1. The van der Waals surface area contributed by atoms with Gasteiger partial charge in [-0.1, -0.05) is 41.4 Å². The third kappa shape index (κ3) is 4.44. The highest BCUT2D eigenvalue weighted by molar-refractivity contribution is 6.31. The van der Waals surface area contributed by atoms with Crippen molar-refractivity contribution in [2.75, 3.05) is 13.2 Å². The number of halogens is 1. The summed E-state index contributed by atoms with van der Waals surface area (Å²) in [5, 5.41) is 3.16. The number of amides is 1. The zero-order valence-electron chi connectivity index (χ0n) is 12.3. The molecule has 2 aromatic rings. The normalized spacial score (nSPS) is 11.8. The van der Waals surface area contributed by atoms with Gasteiger partial charge in [0.1, 0.15) is 17.7 Å². The number of carbonyl (C=O) groups is 1. The molecule has 0 aliphatic rings. The van der Waals surface area contributed by atoms with Crippen LogP contribution in [0, 0.1) is 6.92 Å².